The van der Waals surface area contributed by atoms with E-state index in [0.29, 0.717) is 5.92 Å². The van der Waals surface area contributed by atoms with Crippen molar-refractivity contribution in [1.82, 2.24) is 0 Å². The van der Waals surface area contributed by atoms with E-state index in [1.165, 1.54) is 12.8 Å². The molecule has 0 aliphatic heterocycles. The maximum atomic E-state index is 10.8. The minimum Gasteiger partial charge on any atom is -0.461 e. The second kappa shape index (κ2) is 4.45. The third-order valence-electron chi connectivity index (χ3n) is 2.35. The zero-order chi connectivity index (χ0) is 8.97. The van der Waals surface area contributed by atoms with Crippen LogP contribution in [0.4, 0.5) is 0 Å². The summed E-state index contributed by atoms with van der Waals surface area (Å²) in [6.45, 7) is 2.20. The molecule has 0 aromatic heterocycles. The summed E-state index contributed by atoms with van der Waals surface area (Å²) in [5.41, 5.74) is 5.15. The Kier molecular flexibility index (Phi) is 3.53. The molecule has 2 atom stereocenters. The predicted molar refractivity (Wildman–Crippen MR) is 46.6 cm³/mol. The third-order valence-corrected chi connectivity index (χ3v) is 2.35. The fourth-order valence-electron chi connectivity index (χ4n) is 1.72. The van der Waals surface area contributed by atoms with Gasteiger partial charge in [0.25, 0.3) is 0 Å². The Morgan fingerprint density at radius 1 is 1.58 bits per heavy atom. The fourth-order valence-corrected chi connectivity index (χ4v) is 1.72. The first-order chi connectivity index (χ1) is 5.72. The van der Waals surface area contributed by atoms with Gasteiger partial charge in [0.15, 0.2) is 0 Å². The van der Waals surface area contributed by atoms with Gasteiger partial charge in [-0.25, -0.2) is 0 Å². The second-order valence-corrected chi connectivity index (χ2v) is 3.59. The fraction of sp³-hybridized carbons (Fsp3) is 0.889. The number of ether oxygens (including phenoxy) is 1. The maximum absolute atomic E-state index is 10.8. The number of nitrogens with two attached hydrogens (primary N) is 1. The van der Waals surface area contributed by atoms with E-state index >= 15 is 0 Å². The summed E-state index contributed by atoms with van der Waals surface area (Å²) < 4.78 is 5.15. The molecular weight excluding hydrogens is 154 g/mol. The van der Waals surface area contributed by atoms with Gasteiger partial charge in [0.1, 0.15) is 6.10 Å². The molecule has 0 heterocycles. The molecule has 2 unspecified atom stereocenters. The molecule has 0 bridgehead atoms. The van der Waals surface area contributed by atoms with Crippen molar-refractivity contribution in [3.05, 3.63) is 0 Å². The molecule has 1 rings (SSSR count). The lowest BCUT2D eigenvalue weighted by Gasteiger charge is -2.26. The minimum absolute atomic E-state index is 0.00484. The largest absolute Gasteiger partial charge is 0.461 e. The van der Waals surface area contributed by atoms with Crippen LogP contribution < -0.4 is 5.73 Å². The van der Waals surface area contributed by atoms with Gasteiger partial charge in [-0.1, -0.05) is 13.3 Å². The first-order valence-electron chi connectivity index (χ1n) is 4.62. The Bertz CT molecular complexity index is 159. The Hall–Kier alpha value is -0.570. The summed E-state index contributed by atoms with van der Waals surface area (Å²) in [5, 5.41) is 0. The van der Waals surface area contributed by atoms with Crippen LogP contribution in [-0.2, 0) is 9.53 Å². The summed E-state index contributed by atoms with van der Waals surface area (Å²) in [5.74, 6) is 0.420. The van der Waals surface area contributed by atoms with E-state index in [4.69, 9.17) is 10.5 Å². The lowest BCUT2D eigenvalue weighted by molar-refractivity contribution is -0.149. The quantitative estimate of drug-likeness (QED) is 0.632. The van der Waals surface area contributed by atoms with E-state index in [9.17, 15) is 4.79 Å². The van der Waals surface area contributed by atoms with Crippen molar-refractivity contribution in [1.29, 1.82) is 0 Å². The van der Waals surface area contributed by atoms with Crippen molar-refractivity contribution in [3.63, 3.8) is 0 Å². The van der Waals surface area contributed by atoms with Crippen LogP contribution in [-0.4, -0.2) is 18.6 Å². The summed E-state index contributed by atoms with van der Waals surface area (Å²) in [7, 11) is 0. The number of rotatable bonds is 2. The van der Waals surface area contributed by atoms with Gasteiger partial charge in [-0.05, 0) is 25.2 Å². The highest BCUT2D eigenvalue weighted by molar-refractivity contribution is 5.71. The van der Waals surface area contributed by atoms with E-state index in [1.807, 2.05) is 0 Å². The molecule has 1 aliphatic carbocycles. The Balaban J connectivity index is 2.27. The highest BCUT2D eigenvalue weighted by Gasteiger charge is 2.21. The predicted octanol–water partition coefficient (Wildman–Crippen LogP) is 1.07. The summed E-state index contributed by atoms with van der Waals surface area (Å²) in [4.78, 5) is 10.8. The number of esters is 1. The first kappa shape index (κ1) is 9.52. The van der Waals surface area contributed by atoms with E-state index in [0.717, 1.165) is 12.8 Å². The van der Waals surface area contributed by atoms with Gasteiger partial charge in [-0.15, -0.1) is 0 Å². The molecule has 12 heavy (non-hydrogen) atoms. The van der Waals surface area contributed by atoms with Gasteiger partial charge >= 0.3 is 5.97 Å². The van der Waals surface area contributed by atoms with Crippen molar-refractivity contribution in [2.24, 2.45) is 11.7 Å². The molecule has 3 nitrogen and oxygen atoms in total. The second-order valence-electron chi connectivity index (χ2n) is 3.59. The summed E-state index contributed by atoms with van der Waals surface area (Å²) >= 11 is 0. The third kappa shape index (κ3) is 2.81. The highest BCUT2D eigenvalue weighted by Crippen LogP contribution is 2.25. The van der Waals surface area contributed by atoms with Crippen LogP contribution in [0.25, 0.3) is 0 Å². The van der Waals surface area contributed by atoms with Crippen molar-refractivity contribution >= 4 is 5.97 Å². The topological polar surface area (TPSA) is 52.3 Å². The molecule has 0 radical (unpaired) electrons. The molecule has 1 fully saturated rings. The normalized spacial score (nSPS) is 29.8. The first-order valence-corrected chi connectivity index (χ1v) is 4.62. The molecule has 70 valence electrons. The Morgan fingerprint density at radius 3 is 2.92 bits per heavy atom. The van der Waals surface area contributed by atoms with Crippen molar-refractivity contribution in [2.75, 3.05) is 6.54 Å². The lowest BCUT2D eigenvalue weighted by Crippen LogP contribution is -2.27. The van der Waals surface area contributed by atoms with Gasteiger partial charge in [0.05, 0.1) is 6.54 Å². The standard InChI is InChI=1S/C9H17NO2/c1-7-3-2-4-8(5-7)12-9(11)6-10/h7-8H,2-6,10H2,1H3. The summed E-state index contributed by atoms with van der Waals surface area (Å²) in [6, 6.07) is 0. The van der Waals surface area contributed by atoms with Crippen LogP contribution in [0, 0.1) is 5.92 Å². The number of hydrogen-bond donors (Lipinski definition) is 1. The molecule has 0 amide bonds. The van der Waals surface area contributed by atoms with Crippen molar-refractivity contribution in [3.8, 4) is 0 Å². The van der Waals surface area contributed by atoms with Crippen molar-refractivity contribution in [2.45, 2.75) is 38.7 Å². The zero-order valence-electron chi connectivity index (χ0n) is 7.58. The van der Waals surface area contributed by atoms with Gasteiger partial charge in [0, 0.05) is 0 Å². The SMILES string of the molecule is CC1CCCC(OC(=O)CN)C1. The maximum Gasteiger partial charge on any atom is 0.319 e. The molecular formula is C9H17NO2. The lowest BCUT2D eigenvalue weighted by atomic mass is 9.89. The molecule has 2 N–H and O–H groups in total. The molecule has 0 aromatic carbocycles. The number of hydrogen-bond acceptors (Lipinski definition) is 3. The van der Waals surface area contributed by atoms with E-state index in [2.05, 4.69) is 6.92 Å². The summed E-state index contributed by atoms with van der Waals surface area (Å²) in [6.07, 6.45) is 4.58. The minimum atomic E-state index is -0.269. The van der Waals surface area contributed by atoms with Gasteiger partial charge in [-0.3, -0.25) is 4.79 Å². The monoisotopic (exact) mass is 171 g/mol. The molecule has 3 heteroatoms. The average molecular weight is 171 g/mol. The zero-order valence-corrected chi connectivity index (χ0v) is 7.58. The van der Waals surface area contributed by atoms with Gasteiger partial charge < -0.3 is 10.5 Å². The number of carbonyl (C=O) groups excluding carboxylic acids is 1. The number of carbonyl (C=O) groups is 1. The van der Waals surface area contributed by atoms with Crippen LogP contribution in [0.15, 0.2) is 0 Å². The van der Waals surface area contributed by atoms with Gasteiger partial charge in [0.2, 0.25) is 0 Å². The van der Waals surface area contributed by atoms with Crippen LogP contribution in [0.1, 0.15) is 32.6 Å². The van der Waals surface area contributed by atoms with E-state index in [-0.39, 0.29) is 18.6 Å². The average Bonchev–Trinajstić information content (AvgIpc) is 2.04. The van der Waals surface area contributed by atoms with Crippen molar-refractivity contribution < 1.29 is 9.53 Å². The molecule has 1 saturated carbocycles. The molecule has 0 saturated heterocycles. The van der Waals surface area contributed by atoms with E-state index < -0.39 is 0 Å². The van der Waals surface area contributed by atoms with Crippen LogP contribution in [0.5, 0.6) is 0 Å². The Morgan fingerprint density at radius 2 is 2.33 bits per heavy atom. The van der Waals surface area contributed by atoms with Crippen LogP contribution in [0.3, 0.4) is 0 Å². The van der Waals surface area contributed by atoms with Crippen LogP contribution in [0.2, 0.25) is 0 Å². The van der Waals surface area contributed by atoms with Gasteiger partial charge in [-0.2, -0.15) is 0 Å². The van der Waals surface area contributed by atoms with Crippen LogP contribution >= 0.6 is 0 Å². The highest BCUT2D eigenvalue weighted by atomic mass is 16.5. The molecule has 0 aromatic rings. The van der Waals surface area contributed by atoms with E-state index in [1.54, 1.807) is 0 Å². The molecule has 1 aliphatic rings. The molecule has 0 spiro atoms. The smallest absolute Gasteiger partial charge is 0.319 e. The Labute approximate surface area is 73.3 Å².